The van der Waals surface area contributed by atoms with Crippen molar-refractivity contribution in [3.05, 3.63) is 29.6 Å². The number of hydrogen-bond donors (Lipinski definition) is 0. The van der Waals surface area contributed by atoms with Crippen molar-refractivity contribution in [2.24, 2.45) is 0 Å². The largest absolute Gasteiger partial charge is 0.339 e. The van der Waals surface area contributed by atoms with E-state index >= 15 is 0 Å². The Balaban J connectivity index is 2.31. The fraction of sp³-hybridized carbons (Fsp3) is 0.462. The summed E-state index contributed by atoms with van der Waals surface area (Å²) in [5.74, 6) is -1.28. The molecule has 0 atom stereocenters. The second-order valence-corrected chi connectivity index (χ2v) is 7.47. The molecule has 0 spiro atoms. The third kappa shape index (κ3) is 3.12. The first-order valence-electron chi connectivity index (χ1n) is 6.32. The molecule has 20 heavy (non-hydrogen) atoms. The van der Waals surface area contributed by atoms with Crippen molar-refractivity contribution in [3.63, 3.8) is 0 Å². The van der Waals surface area contributed by atoms with E-state index in [1.54, 1.807) is 11.9 Å². The fourth-order valence-corrected chi connectivity index (χ4v) is 3.41. The Hall–Kier alpha value is -1.14. The summed E-state index contributed by atoms with van der Waals surface area (Å²) in [5, 5.41) is 0. The highest BCUT2D eigenvalue weighted by molar-refractivity contribution is 8.13. The molecule has 1 amide bonds. The molecular formula is C13H15ClFNO3S. The van der Waals surface area contributed by atoms with Gasteiger partial charge in [0, 0.05) is 29.3 Å². The summed E-state index contributed by atoms with van der Waals surface area (Å²) in [7, 11) is 2.62. The Kier molecular flexibility index (Phi) is 4.34. The summed E-state index contributed by atoms with van der Waals surface area (Å²) in [4.78, 5) is 13.2. The van der Waals surface area contributed by atoms with Crippen molar-refractivity contribution in [3.8, 4) is 0 Å². The minimum absolute atomic E-state index is 0.125. The van der Waals surface area contributed by atoms with Crippen LogP contribution in [0.2, 0.25) is 0 Å². The van der Waals surface area contributed by atoms with E-state index in [0.717, 1.165) is 37.8 Å². The van der Waals surface area contributed by atoms with E-state index in [1.165, 1.54) is 6.07 Å². The van der Waals surface area contributed by atoms with E-state index in [-0.39, 0.29) is 17.5 Å². The number of carbonyl (C=O) groups excluding carboxylic acids is 1. The van der Waals surface area contributed by atoms with Gasteiger partial charge in [-0.25, -0.2) is 12.8 Å². The van der Waals surface area contributed by atoms with Gasteiger partial charge in [-0.15, -0.1) is 0 Å². The molecule has 4 nitrogen and oxygen atoms in total. The molecule has 0 unspecified atom stereocenters. The van der Waals surface area contributed by atoms with Crippen molar-refractivity contribution in [1.82, 2.24) is 4.90 Å². The Morgan fingerprint density at radius 1 is 1.35 bits per heavy atom. The zero-order chi connectivity index (χ0) is 14.9. The van der Waals surface area contributed by atoms with Gasteiger partial charge in [0.2, 0.25) is 0 Å². The van der Waals surface area contributed by atoms with Crippen molar-refractivity contribution in [1.29, 1.82) is 0 Å². The van der Waals surface area contributed by atoms with Crippen LogP contribution in [0.3, 0.4) is 0 Å². The predicted octanol–water partition coefficient (Wildman–Crippen LogP) is 2.77. The van der Waals surface area contributed by atoms with E-state index in [1.807, 2.05) is 0 Å². The first-order valence-corrected chi connectivity index (χ1v) is 8.63. The van der Waals surface area contributed by atoms with Crippen LogP contribution < -0.4 is 0 Å². The molecule has 2 rings (SSSR count). The van der Waals surface area contributed by atoms with Crippen LogP contribution in [0.4, 0.5) is 4.39 Å². The topological polar surface area (TPSA) is 54.5 Å². The molecular weight excluding hydrogens is 305 g/mol. The monoisotopic (exact) mass is 319 g/mol. The lowest BCUT2D eigenvalue weighted by atomic mass is 10.1. The van der Waals surface area contributed by atoms with Crippen LogP contribution >= 0.6 is 10.7 Å². The van der Waals surface area contributed by atoms with E-state index in [9.17, 15) is 17.6 Å². The lowest BCUT2D eigenvalue weighted by molar-refractivity contribution is 0.0735. The molecule has 0 radical (unpaired) electrons. The van der Waals surface area contributed by atoms with Gasteiger partial charge in [0.25, 0.3) is 15.0 Å². The summed E-state index contributed by atoms with van der Waals surface area (Å²) >= 11 is 0. The van der Waals surface area contributed by atoms with Gasteiger partial charge in [-0.05, 0) is 31.0 Å². The lowest BCUT2D eigenvalue weighted by Gasteiger charge is -2.24. The van der Waals surface area contributed by atoms with Crippen LogP contribution in [0, 0.1) is 5.82 Å². The average molecular weight is 320 g/mol. The average Bonchev–Trinajstić information content (AvgIpc) is 2.90. The number of halogens is 2. The van der Waals surface area contributed by atoms with Gasteiger partial charge in [0.1, 0.15) is 10.7 Å². The Bertz CT molecular complexity index is 627. The van der Waals surface area contributed by atoms with Gasteiger partial charge < -0.3 is 4.90 Å². The molecule has 0 N–H and O–H groups in total. The molecule has 0 aromatic heterocycles. The minimum atomic E-state index is -4.21. The smallest absolute Gasteiger partial charge is 0.264 e. The summed E-state index contributed by atoms with van der Waals surface area (Å²) in [6, 6.07) is 3.37. The highest BCUT2D eigenvalue weighted by Crippen LogP contribution is 2.25. The maximum Gasteiger partial charge on any atom is 0.264 e. The van der Waals surface area contributed by atoms with E-state index in [2.05, 4.69) is 0 Å². The SMILES string of the molecule is CN(C(=O)c1ccc(F)c(S(=O)(=O)Cl)c1)C1CCCC1. The molecule has 0 heterocycles. The highest BCUT2D eigenvalue weighted by Gasteiger charge is 2.26. The van der Waals surface area contributed by atoms with E-state index < -0.39 is 19.8 Å². The third-order valence-electron chi connectivity index (χ3n) is 3.63. The summed E-state index contributed by atoms with van der Waals surface area (Å²) in [6.45, 7) is 0. The van der Waals surface area contributed by atoms with Crippen molar-refractivity contribution < 1.29 is 17.6 Å². The molecule has 7 heteroatoms. The van der Waals surface area contributed by atoms with Crippen LogP contribution in [0.1, 0.15) is 36.0 Å². The number of nitrogens with zero attached hydrogens (tertiary/aromatic N) is 1. The molecule has 0 saturated heterocycles. The molecule has 0 bridgehead atoms. The van der Waals surface area contributed by atoms with Gasteiger partial charge in [0.15, 0.2) is 0 Å². The summed E-state index contributed by atoms with van der Waals surface area (Å²) in [6.07, 6.45) is 4.02. The van der Waals surface area contributed by atoms with Gasteiger partial charge >= 0.3 is 0 Å². The zero-order valence-corrected chi connectivity index (χ0v) is 12.5. The van der Waals surface area contributed by atoms with Crippen LogP contribution in [-0.2, 0) is 9.05 Å². The lowest BCUT2D eigenvalue weighted by Crippen LogP contribution is -2.35. The normalized spacial score (nSPS) is 16.4. The number of amides is 1. The van der Waals surface area contributed by atoms with E-state index in [4.69, 9.17) is 10.7 Å². The first-order chi connectivity index (χ1) is 9.30. The maximum atomic E-state index is 13.4. The molecule has 1 aliphatic carbocycles. The van der Waals surface area contributed by atoms with Gasteiger partial charge in [0.05, 0.1) is 0 Å². The first kappa shape index (κ1) is 15.3. The zero-order valence-electron chi connectivity index (χ0n) is 11.0. The Morgan fingerprint density at radius 2 is 1.95 bits per heavy atom. The summed E-state index contributed by atoms with van der Waals surface area (Å²) in [5.41, 5.74) is 0.125. The maximum absolute atomic E-state index is 13.4. The van der Waals surface area contributed by atoms with Crippen molar-refractivity contribution in [2.45, 2.75) is 36.6 Å². The van der Waals surface area contributed by atoms with E-state index in [0.29, 0.717) is 0 Å². The molecule has 1 aliphatic rings. The molecule has 1 aromatic rings. The van der Waals surface area contributed by atoms with Gasteiger partial charge in [-0.2, -0.15) is 0 Å². The molecule has 1 aromatic carbocycles. The standard InChI is InChI=1S/C13H15ClFNO3S/c1-16(10-4-2-3-5-10)13(17)9-6-7-11(15)12(8-9)20(14,18)19/h6-8,10H,2-5H2,1H3. The fourth-order valence-electron chi connectivity index (χ4n) is 2.48. The molecule has 1 saturated carbocycles. The molecule has 0 aliphatic heterocycles. The van der Waals surface area contributed by atoms with Crippen LogP contribution in [0.15, 0.2) is 23.1 Å². The predicted molar refractivity (Wildman–Crippen MR) is 73.8 cm³/mol. The van der Waals surface area contributed by atoms with Gasteiger partial charge in [-0.1, -0.05) is 12.8 Å². The Labute approximate surface area is 121 Å². The molecule has 1 fully saturated rings. The van der Waals surface area contributed by atoms with Crippen LogP contribution in [-0.4, -0.2) is 32.3 Å². The quantitative estimate of drug-likeness (QED) is 0.805. The second kappa shape index (κ2) is 5.69. The highest BCUT2D eigenvalue weighted by atomic mass is 35.7. The summed E-state index contributed by atoms with van der Waals surface area (Å²) < 4.78 is 36.0. The second-order valence-electron chi connectivity index (χ2n) is 4.94. The van der Waals surface area contributed by atoms with Gasteiger partial charge in [-0.3, -0.25) is 4.79 Å². The Morgan fingerprint density at radius 3 is 2.50 bits per heavy atom. The van der Waals surface area contributed by atoms with Crippen LogP contribution in [0.5, 0.6) is 0 Å². The third-order valence-corrected chi connectivity index (χ3v) is 4.97. The number of rotatable bonds is 3. The van der Waals surface area contributed by atoms with Crippen molar-refractivity contribution in [2.75, 3.05) is 7.05 Å². The van der Waals surface area contributed by atoms with Crippen LogP contribution in [0.25, 0.3) is 0 Å². The minimum Gasteiger partial charge on any atom is -0.339 e. The number of benzene rings is 1. The van der Waals surface area contributed by atoms with Crippen molar-refractivity contribution >= 4 is 25.6 Å². The number of carbonyl (C=O) groups is 1. The molecule has 110 valence electrons. The number of hydrogen-bond acceptors (Lipinski definition) is 3.